The third-order valence-corrected chi connectivity index (χ3v) is 5.18. The van der Waals surface area contributed by atoms with E-state index in [0.717, 1.165) is 36.9 Å². The molecule has 0 saturated heterocycles. The number of aliphatic carboxylic acids is 1. The molecule has 0 radical (unpaired) electrons. The molecule has 1 amide bonds. The van der Waals surface area contributed by atoms with Crippen LogP contribution in [0.2, 0.25) is 0 Å². The van der Waals surface area contributed by atoms with Crippen LogP contribution in [0, 0.1) is 12.8 Å². The Balaban J connectivity index is 1.70. The van der Waals surface area contributed by atoms with E-state index in [1.165, 1.54) is 0 Å². The van der Waals surface area contributed by atoms with Gasteiger partial charge in [-0.2, -0.15) is 0 Å². The fraction of sp³-hybridized carbons (Fsp3) is 0.500. The topological polar surface area (TPSA) is 66.4 Å². The normalized spacial score (nSPS) is 21.8. The van der Waals surface area contributed by atoms with Gasteiger partial charge in [-0.05, 0) is 44.7 Å². The van der Waals surface area contributed by atoms with Crippen molar-refractivity contribution in [1.82, 2.24) is 0 Å². The van der Waals surface area contributed by atoms with Crippen LogP contribution in [-0.2, 0) is 9.59 Å². The maximum atomic E-state index is 11.9. The molecule has 0 unspecified atom stereocenters. The van der Waals surface area contributed by atoms with Crippen molar-refractivity contribution < 1.29 is 14.7 Å². The SMILES string of the molecule is Cc1ccc(NC(=O)CSC2CCC(C(=O)O)CC2)cc1. The van der Waals surface area contributed by atoms with Crippen molar-refractivity contribution in [2.24, 2.45) is 5.92 Å². The fourth-order valence-corrected chi connectivity index (χ4v) is 3.57. The van der Waals surface area contributed by atoms with Gasteiger partial charge in [-0.1, -0.05) is 17.7 Å². The van der Waals surface area contributed by atoms with Gasteiger partial charge in [-0.25, -0.2) is 0 Å². The molecule has 1 saturated carbocycles. The predicted molar refractivity (Wildman–Crippen MR) is 85.6 cm³/mol. The Morgan fingerprint density at radius 3 is 2.38 bits per heavy atom. The first kappa shape index (κ1) is 15.9. The minimum absolute atomic E-state index is 0.00390. The molecule has 2 rings (SSSR count). The van der Waals surface area contributed by atoms with Crippen LogP contribution in [0.5, 0.6) is 0 Å². The van der Waals surface area contributed by atoms with Gasteiger partial charge in [0.1, 0.15) is 0 Å². The number of amides is 1. The predicted octanol–water partition coefficient (Wildman–Crippen LogP) is 3.31. The number of hydrogen-bond acceptors (Lipinski definition) is 3. The summed E-state index contributed by atoms with van der Waals surface area (Å²) in [6.45, 7) is 2.01. The third-order valence-electron chi connectivity index (χ3n) is 3.81. The molecule has 4 nitrogen and oxygen atoms in total. The van der Waals surface area contributed by atoms with E-state index in [1.54, 1.807) is 11.8 Å². The first-order chi connectivity index (χ1) is 10.0. The van der Waals surface area contributed by atoms with Crippen LogP contribution in [0.3, 0.4) is 0 Å². The van der Waals surface area contributed by atoms with Crippen LogP contribution < -0.4 is 5.32 Å². The lowest BCUT2D eigenvalue weighted by atomic mass is 9.89. The highest BCUT2D eigenvalue weighted by Crippen LogP contribution is 2.32. The number of anilines is 1. The zero-order chi connectivity index (χ0) is 15.2. The molecule has 114 valence electrons. The molecule has 1 aromatic rings. The fourth-order valence-electron chi connectivity index (χ4n) is 2.50. The average molecular weight is 307 g/mol. The van der Waals surface area contributed by atoms with E-state index < -0.39 is 5.97 Å². The summed E-state index contributed by atoms with van der Waals surface area (Å²) in [5.74, 6) is -0.445. The molecule has 0 atom stereocenters. The van der Waals surface area contributed by atoms with Gasteiger partial charge in [0.2, 0.25) is 5.91 Å². The van der Waals surface area contributed by atoms with E-state index in [0.29, 0.717) is 11.0 Å². The van der Waals surface area contributed by atoms with Crippen molar-refractivity contribution in [3.63, 3.8) is 0 Å². The number of benzene rings is 1. The molecule has 0 heterocycles. The molecule has 1 aliphatic rings. The maximum absolute atomic E-state index is 11.9. The summed E-state index contributed by atoms with van der Waals surface area (Å²) in [6, 6.07) is 7.73. The van der Waals surface area contributed by atoms with Crippen LogP contribution >= 0.6 is 11.8 Å². The number of thioether (sulfide) groups is 1. The Kier molecular flexibility index (Phi) is 5.67. The van der Waals surface area contributed by atoms with Gasteiger partial charge < -0.3 is 10.4 Å². The van der Waals surface area contributed by atoms with Crippen LogP contribution in [0.1, 0.15) is 31.2 Å². The minimum atomic E-state index is -0.685. The van der Waals surface area contributed by atoms with Crippen molar-refractivity contribution in [2.45, 2.75) is 37.9 Å². The number of rotatable bonds is 5. The highest BCUT2D eigenvalue weighted by atomic mass is 32.2. The van der Waals surface area contributed by atoms with E-state index in [9.17, 15) is 9.59 Å². The molecular formula is C16H21NO3S. The molecule has 0 bridgehead atoms. The monoisotopic (exact) mass is 307 g/mol. The largest absolute Gasteiger partial charge is 0.481 e. The first-order valence-corrected chi connectivity index (χ1v) is 8.30. The summed E-state index contributed by atoms with van der Waals surface area (Å²) in [4.78, 5) is 22.8. The van der Waals surface area contributed by atoms with Crippen molar-refractivity contribution in [3.8, 4) is 0 Å². The zero-order valence-corrected chi connectivity index (χ0v) is 13.0. The van der Waals surface area contributed by atoms with E-state index >= 15 is 0 Å². The van der Waals surface area contributed by atoms with Crippen LogP contribution in [0.15, 0.2) is 24.3 Å². The lowest BCUT2D eigenvalue weighted by Gasteiger charge is -2.25. The van der Waals surface area contributed by atoms with Crippen LogP contribution in [0.4, 0.5) is 5.69 Å². The number of nitrogens with one attached hydrogen (secondary N) is 1. The van der Waals surface area contributed by atoms with E-state index in [-0.39, 0.29) is 11.8 Å². The van der Waals surface area contributed by atoms with E-state index in [2.05, 4.69) is 5.32 Å². The summed E-state index contributed by atoms with van der Waals surface area (Å²) in [6.07, 6.45) is 3.23. The number of carbonyl (C=O) groups is 2. The molecule has 2 N–H and O–H groups in total. The van der Waals surface area contributed by atoms with E-state index in [4.69, 9.17) is 5.11 Å². The molecule has 1 aliphatic carbocycles. The van der Waals surface area contributed by atoms with Crippen molar-refractivity contribution >= 4 is 29.3 Å². The Bertz CT molecular complexity index is 493. The van der Waals surface area contributed by atoms with Crippen molar-refractivity contribution in [3.05, 3.63) is 29.8 Å². The Labute approximate surface area is 129 Å². The van der Waals surface area contributed by atoms with Gasteiger partial charge >= 0.3 is 5.97 Å². The summed E-state index contributed by atoms with van der Waals surface area (Å²) < 4.78 is 0. The zero-order valence-electron chi connectivity index (χ0n) is 12.2. The summed E-state index contributed by atoms with van der Waals surface area (Å²) in [5, 5.41) is 12.2. The molecule has 1 aromatic carbocycles. The van der Waals surface area contributed by atoms with Crippen LogP contribution in [-0.4, -0.2) is 28.0 Å². The second kappa shape index (κ2) is 7.50. The Hall–Kier alpha value is -1.49. The lowest BCUT2D eigenvalue weighted by molar-refractivity contribution is -0.142. The molecule has 0 aliphatic heterocycles. The number of aryl methyl sites for hydroxylation is 1. The van der Waals surface area contributed by atoms with Gasteiger partial charge in [-0.15, -0.1) is 11.8 Å². The highest BCUT2D eigenvalue weighted by molar-refractivity contribution is 8.00. The standard InChI is InChI=1S/C16H21NO3S/c1-11-2-6-13(7-3-11)17-15(18)10-21-14-8-4-12(5-9-14)16(19)20/h2-3,6-7,12,14H,4-5,8-10H2,1H3,(H,17,18)(H,19,20). The molecule has 21 heavy (non-hydrogen) atoms. The molecule has 1 fully saturated rings. The number of carbonyl (C=O) groups excluding carboxylic acids is 1. The van der Waals surface area contributed by atoms with Gasteiger partial charge in [0, 0.05) is 10.9 Å². The number of hydrogen-bond donors (Lipinski definition) is 2. The minimum Gasteiger partial charge on any atom is -0.481 e. The second-order valence-corrected chi connectivity index (χ2v) is 6.83. The molecule has 5 heteroatoms. The van der Waals surface area contributed by atoms with Crippen molar-refractivity contribution in [2.75, 3.05) is 11.1 Å². The maximum Gasteiger partial charge on any atom is 0.306 e. The summed E-state index contributed by atoms with van der Waals surface area (Å²) in [5.41, 5.74) is 1.98. The molecule has 0 aromatic heterocycles. The highest BCUT2D eigenvalue weighted by Gasteiger charge is 2.26. The Morgan fingerprint density at radius 2 is 1.81 bits per heavy atom. The van der Waals surface area contributed by atoms with Gasteiger partial charge in [0.05, 0.1) is 11.7 Å². The molecule has 0 spiro atoms. The van der Waals surface area contributed by atoms with Gasteiger partial charge in [-0.3, -0.25) is 9.59 Å². The number of carboxylic acid groups (broad SMARTS) is 1. The van der Waals surface area contributed by atoms with Crippen molar-refractivity contribution in [1.29, 1.82) is 0 Å². The van der Waals surface area contributed by atoms with E-state index in [1.807, 2.05) is 31.2 Å². The average Bonchev–Trinajstić information content (AvgIpc) is 2.48. The first-order valence-electron chi connectivity index (χ1n) is 7.25. The lowest BCUT2D eigenvalue weighted by Crippen LogP contribution is -2.24. The molecular weight excluding hydrogens is 286 g/mol. The smallest absolute Gasteiger partial charge is 0.306 e. The quantitative estimate of drug-likeness (QED) is 0.876. The summed E-state index contributed by atoms with van der Waals surface area (Å²) in [7, 11) is 0. The third kappa shape index (κ3) is 5.08. The Morgan fingerprint density at radius 1 is 1.19 bits per heavy atom. The van der Waals surface area contributed by atoms with Gasteiger partial charge in [0.15, 0.2) is 0 Å². The number of carboxylic acids is 1. The van der Waals surface area contributed by atoms with Gasteiger partial charge in [0.25, 0.3) is 0 Å². The van der Waals surface area contributed by atoms with Crippen LogP contribution in [0.25, 0.3) is 0 Å². The second-order valence-electron chi connectivity index (χ2n) is 5.54. The summed E-state index contributed by atoms with van der Waals surface area (Å²) >= 11 is 1.64.